The molecule has 0 saturated heterocycles. The first-order chi connectivity index (χ1) is 11.7. The first-order valence-electron chi connectivity index (χ1n) is 8.82. The van der Waals surface area contributed by atoms with Crippen molar-refractivity contribution in [2.45, 2.75) is 45.1 Å². The van der Waals surface area contributed by atoms with Gasteiger partial charge in [0.15, 0.2) is 0 Å². The van der Waals surface area contributed by atoms with E-state index in [0.717, 1.165) is 5.52 Å². The predicted molar refractivity (Wildman–Crippen MR) is 97.6 cm³/mol. The first kappa shape index (κ1) is 15.3. The number of nitrogens with zero attached hydrogens (tertiary/aromatic N) is 1. The van der Waals surface area contributed by atoms with Crippen LogP contribution >= 0.6 is 0 Å². The van der Waals surface area contributed by atoms with Gasteiger partial charge in [0, 0.05) is 22.3 Å². The number of aromatic nitrogens is 1. The molecule has 3 heteroatoms. The second-order valence-corrected chi connectivity index (χ2v) is 6.85. The zero-order valence-corrected chi connectivity index (χ0v) is 14.3. The quantitative estimate of drug-likeness (QED) is 0.592. The molecule has 0 atom stereocenters. The number of carbonyl (C=O) groups is 1. The van der Waals surface area contributed by atoms with Gasteiger partial charge in [-0.3, -0.25) is 0 Å². The van der Waals surface area contributed by atoms with Crippen LogP contribution in [0.1, 0.15) is 54.1 Å². The van der Waals surface area contributed by atoms with E-state index >= 15 is 0 Å². The Morgan fingerprint density at radius 3 is 2.62 bits per heavy atom. The van der Waals surface area contributed by atoms with Crippen molar-refractivity contribution in [1.29, 1.82) is 0 Å². The van der Waals surface area contributed by atoms with Crippen molar-refractivity contribution in [2.75, 3.05) is 7.11 Å². The smallest absolute Gasteiger partial charge is 0.337 e. The van der Waals surface area contributed by atoms with Crippen LogP contribution in [-0.2, 0) is 4.74 Å². The van der Waals surface area contributed by atoms with Crippen molar-refractivity contribution >= 4 is 27.8 Å². The fraction of sp³-hybridized carbons (Fsp3) is 0.381. The third kappa shape index (κ3) is 2.31. The Hall–Kier alpha value is -2.29. The highest BCUT2D eigenvalue weighted by atomic mass is 16.5. The van der Waals surface area contributed by atoms with E-state index in [-0.39, 0.29) is 5.97 Å². The highest BCUT2D eigenvalue weighted by Crippen LogP contribution is 2.39. The molecule has 4 rings (SSSR count). The maximum atomic E-state index is 12.0. The molecule has 3 nitrogen and oxygen atoms in total. The number of carbonyl (C=O) groups excluding carboxylic acids is 1. The summed E-state index contributed by atoms with van der Waals surface area (Å²) in [5.41, 5.74) is 4.37. The fourth-order valence-electron chi connectivity index (χ4n) is 4.25. The van der Waals surface area contributed by atoms with Gasteiger partial charge in [-0.05, 0) is 43.5 Å². The van der Waals surface area contributed by atoms with Gasteiger partial charge >= 0.3 is 5.97 Å². The van der Waals surface area contributed by atoms with E-state index in [9.17, 15) is 4.79 Å². The zero-order chi connectivity index (χ0) is 16.7. The number of benzene rings is 2. The van der Waals surface area contributed by atoms with Crippen molar-refractivity contribution in [3.05, 3.63) is 47.5 Å². The summed E-state index contributed by atoms with van der Waals surface area (Å²) in [6.07, 6.45) is 6.34. The number of rotatable bonds is 2. The average molecular weight is 321 g/mol. The normalized spacial score (nSPS) is 15.9. The molecule has 0 amide bonds. The van der Waals surface area contributed by atoms with Crippen LogP contribution in [0, 0.1) is 6.92 Å². The summed E-state index contributed by atoms with van der Waals surface area (Å²) < 4.78 is 7.40. The molecular formula is C21H23NO2. The van der Waals surface area contributed by atoms with Gasteiger partial charge in [0.1, 0.15) is 0 Å². The maximum Gasteiger partial charge on any atom is 0.337 e. The molecule has 1 heterocycles. The number of methoxy groups -OCH3 is 1. The lowest BCUT2D eigenvalue weighted by atomic mass is 9.95. The minimum atomic E-state index is -0.269. The van der Waals surface area contributed by atoms with E-state index in [0.29, 0.717) is 11.6 Å². The SMILES string of the molecule is COC(=O)c1ccc2c3c(C)cccc3n(C3CCCCC3)c2c1. The molecule has 24 heavy (non-hydrogen) atoms. The summed E-state index contributed by atoms with van der Waals surface area (Å²) in [5.74, 6) is -0.269. The average Bonchev–Trinajstić information content (AvgIpc) is 2.96. The van der Waals surface area contributed by atoms with E-state index in [1.54, 1.807) is 0 Å². The van der Waals surface area contributed by atoms with Crippen LogP contribution in [-0.4, -0.2) is 17.6 Å². The third-order valence-electron chi connectivity index (χ3n) is 5.40. The van der Waals surface area contributed by atoms with Gasteiger partial charge in [0.25, 0.3) is 0 Å². The summed E-state index contributed by atoms with van der Waals surface area (Å²) in [6, 6.07) is 13.0. The van der Waals surface area contributed by atoms with Crippen LogP contribution < -0.4 is 0 Å². The number of hydrogen-bond donors (Lipinski definition) is 0. The van der Waals surface area contributed by atoms with E-state index in [1.165, 1.54) is 61.1 Å². The summed E-state index contributed by atoms with van der Waals surface area (Å²) >= 11 is 0. The van der Waals surface area contributed by atoms with Gasteiger partial charge in [-0.15, -0.1) is 0 Å². The third-order valence-corrected chi connectivity index (χ3v) is 5.40. The van der Waals surface area contributed by atoms with E-state index in [2.05, 4.69) is 35.8 Å². The Kier molecular flexibility index (Phi) is 3.79. The van der Waals surface area contributed by atoms with Crippen LogP contribution in [0.25, 0.3) is 21.8 Å². The van der Waals surface area contributed by atoms with Crippen LogP contribution in [0.3, 0.4) is 0 Å². The zero-order valence-electron chi connectivity index (χ0n) is 14.3. The maximum absolute atomic E-state index is 12.0. The van der Waals surface area contributed by atoms with E-state index < -0.39 is 0 Å². The topological polar surface area (TPSA) is 31.2 Å². The molecule has 1 aromatic heterocycles. The standard InChI is InChI=1S/C21H23NO2/c1-14-7-6-10-18-20(14)17-12-11-15(21(23)24-2)13-19(17)22(18)16-8-4-3-5-9-16/h6-7,10-13,16H,3-5,8-9H2,1-2H3. The summed E-state index contributed by atoms with van der Waals surface area (Å²) in [5, 5.41) is 2.55. The lowest BCUT2D eigenvalue weighted by Crippen LogP contribution is -2.12. The Balaban J connectivity index is 2.04. The van der Waals surface area contributed by atoms with Crippen molar-refractivity contribution in [3.63, 3.8) is 0 Å². The van der Waals surface area contributed by atoms with Gasteiger partial charge in [-0.2, -0.15) is 0 Å². The largest absolute Gasteiger partial charge is 0.465 e. The van der Waals surface area contributed by atoms with Crippen LogP contribution in [0.4, 0.5) is 0 Å². The summed E-state index contributed by atoms with van der Waals surface area (Å²) in [4.78, 5) is 12.0. The Morgan fingerprint density at radius 2 is 1.88 bits per heavy atom. The first-order valence-corrected chi connectivity index (χ1v) is 8.82. The minimum absolute atomic E-state index is 0.269. The molecule has 3 aromatic rings. The highest BCUT2D eigenvalue weighted by Gasteiger charge is 2.22. The van der Waals surface area contributed by atoms with Crippen LogP contribution in [0.5, 0.6) is 0 Å². The van der Waals surface area contributed by atoms with Crippen molar-refractivity contribution < 1.29 is 9.53 Å². The van der Waals surface area contributed by atoms with Crippen molar-refractivity contribution in [2.24, 2.45) is 0 Å². The second kappa shape index (κ2) is 5.97. The molecule has 0 N–H and O–H groups in total. The molecule has 2 aromatic carbocycles. The minimum Gasteiger partial charge on any atom is -0.465 e. The molecule has 0 radical (unpaired) electrons. The molecular weight excluding hydrogens is 298 g/mol. The molecule has 0 bridgehead atoms. The molecule has 1 aliphatic rings. The summed E-state index contributed by atoms with van der Waals surface area (Å²) in [6.45, 7) is 2.17. The van der Waals surface area contributed by atoms with Gasteiger partial charge in [0.2, 0.25) is 0 Å². The van der Waals surface area contributed by atoms with E-state index in [4.69, 9.17) is 4.74 Å². The number of aryl methyl sites for hydroxylation is 1. The molecule has 1 saturated carbocycles. The number of fused-ring (bicyclic) bond motifs is 3. The molecule has 1 aliphatic carbocycles. The van der Waals surface area contributed by atoms with Gasteiger partial charge in [0.05, 0.1) is 18.2 Å². The highest BCUT2D eigenvalue weighted by molar-refractivity contribution is 6.11. The second-order valence-electron chi connectivity index (χ2n) is 6.85. The van der Waals surface area contributed by atoms with Crippen molar-refractivity contribution in [1.82, 2.24) is 4.57 Å². The van der Waals surface area contributed by atoms with Crippen LogP contribution in [0.2, 0.25) is 0 Å². The predicted octanol–water partition coefficient (Wildman–Crippen LogP) is 5.39. The number of ether oxygens (including phenoxy) is 1. The van der Waals surface area contributed by atoms with Gasteiger partial charge < -0.3 is 9.30 Å². The summed E-state index contributed by atoms with van der Waals surface area (Å²) in [7, 11) is 1.44. The molecule has 0 aliphatic heterocycles. The van der Waals surface area contributed by atoms with Gasteiger partial charge in [-0.25, -0.2) is 4.79 Å². The Bertz CT molecular complexity index is 916. The van der Waals surface area contributed by atoms with E-state index in [1.807, 2.05) is 12.1 Å². The Labute approximate surface area is 142 Å². The number of hydrogen-bond acceptors (Lipinski definition) is 2. The monoisotopic (exact) mass is 321 g/mol. The van der Waals surface area contributed by atoms with Crippen LogP contribution in [0.15, 0.2) is 36.4 Å². The fourth-order valence-corrected chi connectivity index (χ4v) is 4.25. The van der Waals surface area contributed by atoms with Gasteiger partial charge in [-0.1, -0.05) is 37.5 Å². The lowest BCUT2D eigenvalue weighted by molar-refractivity contribution is 0.0601. The lowest BCUT2D eigenvalue weighted by Gasteiger charge is -2.25. The number of esters is 1. The molecule has 0 spiro atoms. The van der Waals surface area contributed by atoms with Crippen molar-refractivity contribution in [3.8, 4) is 0 Å². The molecule has 0 unspecified atom stereocenters. The Morgan fingerprint density at radius 1 is 1.08 bits per heavy atom. The molecule has 124 valence electrons. The molecule has 1 fully saturated rings.